The van der Waals surface area contributed by atoms with E-state index in [4.69, 9.17) is 0 Å². The highest BCUT2D eigenvalue weighted by Crippen LogP contribution is 2.20. The van der Waals surface area contributed by atoms with Crippen LogP contribution in [0, 0.1) is 11.8 Å². The van der Waals surface area contributed by atoms with E-state index in [1.54, 1.807) is 4.90 Å². The van der Waals surface area contributed by atoms with E-state index in [0.29, 0.717) is 11.8 Å². The maximum absolute atomic E-state index is 11.2. The van der Waals surface area contributed by atoms with Gasteiger partial charge in [-0.2, -0.15) is 0 Å². The second kappa shape index (κ2) is 3.78. The Morgan fingerprint density at radius 3 is 2.25 bits per heavy atom. The number of hydrogen-bond acceptors (Lipinski definition) is 2. The predicted octanol–water partition coefficient (Wildman–Crippen LogP) is 1.73. The molecule has 2 atom stereocenters. The van der Waals surface area contributed by atoms with E-state index in [1.165, 1.54) is 13.5 Å². The van der Waals surface area contributed by atoms with E-state index >= 15 is 0 Å². The molecule has 1 aliphatic rings. The molecule has 0 bridgehead atoms. The van der Waals surface area contributed by atoms with Crippen molar-refractivity contribution < 1.29 is 9.53 Å². The van der Waals surface area contributed by atoms with Gasteiger partial charge in [0.05, 0.1) is 7.11 Å². The van der Waals surface area contributed by atoms with Crippen molar-refractivity contribution in [3.05, 3.63) is 0 Å². The smallest absolute Gasteiger partial charge is 0.409 e. The first kappa shape index (κ1) is 9.36. The van der Waals surface area contributed by atoms with Crippen molar-refractivity contribution >= 4 is 6.09 Å². The van der Waals surface area contributed by atoms with E-state index in [9.17, 15) is 4.79 Å². The Morgan fingerprint density at radius 1 is 1.33 bits per heavy atom. The van der Waals surface area contributed by atoms with Gasteiger partial charge in [0, 0.05) is 13.1 Å². The van der Waals surface area contributed by atoms with Gasteiger partial charge in [0.1, 0.15) is 0 Å². The third kappa shape index (κ3) is 2.13. The van der Waals surface area contributed by atoms with Gasteiger partial charge in [0.15, 0.2) is 0 Å². The quantitative estimate of drug-likeness (QED) is 0.555. The molecule has 3 nitrogen and oxygen atoms in total. The largest absolute Gasteiger partial charge is 0.453 e. The summed E-state index contributed by atoms with van der Waals surface area (Å²) in [6, 6.07) is 0. The second-order valence-electron chi connectivity index (χ2n) is 3.82. The Labute approximate surface area is 73.7 Å². The zero-order valence-electron chi connectivity index (χ0n) is 8.04. The van der Waals surface area contributed by atoms with E-state index in [1.807, 2.05) is 0 Å². The summed E-state index contributed by atoms with van der Waals surface area (Å²) in [5, 5.41) is 0. The van der Waals surface area contributed by atoms with Gasteiger partial charge >= 0.3 is 6.09 Å². The summed E-state index contributed by atoms with van der Waals surface area (Å²) in [5.74, 6) is 1.21. The van der Waals surface area contributed by atoms with Gasteiger partial charge in [0.25, 0.3) is 0 Å². The monoisotopic (exact) mass is 171 g/mol. The first-order chi connectivity index (χ1) is 5.63. The minimum absolute atomic E-state index is 0.187. The molecule has 12 heavy (non-hydrogen) atoms. The van der Waals surface area contributed by atoms with Crippen LogP contribution < -0.4 is 0 Å². The van der Waals surface area contributed by atoms with E-state index < -0.39 is 0 Å². The average molecular weight is 171 g/mol. The first-order valence-electron chi connectivity index (χ1n) is 4.46. The van der Waals surface area contributed by atoms with Crippen LogP contribution in [0.1, 0.15) is 20.3 Å². The van der Waals surface area contributed by atoms with Crippen molar-refractivity contribution in [3.8, 4) is 0 Å². The fourth-order valence-corrected chi connectivity index (χ4v) is 1.94. The summed E-state index contributed by atoms with van der Waals surface area (Å²) in [5.41, 5.74) is 0. The lowest BCUT2D eigenvalue weighted by atomic mass is 9.92. The molecule has 0 spiro atoms. The topological polar surface area (TPSA) is 29.5 Å². The maximum Gasteiger partial charge on any atom is 0.409 e. The number of hydrogen-bond donors (Lipinski definition) is 0. The van der Waals surface area contributed by atoms with Gasteiger partial charge < -0.3 is 9.64 Å². The third-order valence-corrected chi connectivity index (χ3v) is 2.30. The van der Waals surface area contributed by atoms with Gasteiger partial charge in [-0.15, -0.1) is 0 Å². The van der Waals surface area contributed by atoms with Crippen LogP contribution in [-0.2, 0) is 4.74 Å². The van der Waals surface area contributed by atoms with Gasteiger partial charge in [-0.05, 0) is 18.3 Å². The molecular formula is C9H17NO2. The van der Waals surface area contributed by atoms with Crippen LogP contribution in [-0.4, -0.2) is 31.2 Å². The average Bonchev–Trinajstić information content (AvgIpc) is 2.01. The Hall–Kier alpha value is -0.730. The highest BCUT2D eigenvalue weighted by atomic mass is 16.5. The van der Waals surface area contributed by atoms with E-state index in [0.717, 1.165) is 13.1 Å². The van der Waals surface area contributed by atoms with Crippen LogP contribution in [0.25, 0.3) is 0 Å². The zero-order valence-corrected chi connectivity index (χ0v) is 8.04. The Bertz CT molecular complexity index is 160. The lowest BCUT2D eigenvalue weighted by molar-refractivity contribution is 0.0902. The van der Waals surface area contributed by atoms with Crippen molar-refractivity contribution in [1.82, 2.24) is 4.90 Å². The molecule has 0 N–H and O–H groups in total. The predicted molar refractivity (Wildman–Crippen MR) is 46.9 cm³/mol. The number of likely N-dealkylation sites (tertiary alicyclic amines) is 1. The van der Waals surface area contributed by atoms with Crippen LogP contribution in [0.15, 0.2) is 0 Å². The summed E-state index contributed by atoms with van der Waals surface area (Å²) in [6.07, 6.45) is 1.03. The van der Waals surface area contributed by atoms with Gasteiger partial charge in [-0.25, -0.2) is 4.79 Å². The Balaban J connectivity index is 2.49. The van der Waals surface area contributed by atoms with E-state index in [-0.39, 0.29) is 6.09 Å². The van der Waals surface area contributed by atoms with Crippen molar-refractivity contribution in [1.29, 1.82) is 0 Å². The van der Waals surface area contributed by atoms with Crippen molar-refractivity contribution in [2.24, 2.45) is 11.8 Å². The molecule has 3 heteroatoms. The number of carbonyl (C=O) groups is 1. The van der Waals surface area contributed by atoms with Gasteiger partial charge in [0.2, 0.25) is 0 Å². The number of carbonyl (C=O) groups excluding carboxylic acids is 1. The maximum atomic E-state index is 11.2. The standard InChI is InChI=1S/C9H17NO2/c1-7-4-8(2)6-10(5-7)9(11)12-3/h7-8H,4-6H2,1-3H3. The first-order valence-corrected chi connectivity index (χ1v) is 4.46. The molecule has 0 aromatic carbocycles. The molecular weight excluding hydrogens is 154 g/mol. The molecule has 0 saturated carbocycles. The molecule has 0 aliphatic carbocycles. The molecule has 1 aliphatic heterocycles. The minimum atomic E-state index is -0.187. The van der Waals surface area contributed by atoms with Crippen LogP contribution in [0.4, 0.5) is 4.79 Å². The second-order valence-corrected chi connectivity index (χ2v) is 3.82. The summed E-state index contributed by atoms with van der Waals surface area (Å²) >= 11 is 0. The lowest BCUT2D eigenvalue weighted by Gasteiger charge is -2.33. The summed E-state index contributed by atoms with van der Waals surface area (Å²) in [7, 11) is 1.44. The fourth-order valence-electron chi connectivity index (χ4n) is 1.94. The molecule has 0 aromatic rings. The molecule has 2 unspecified atom stereocenters. The molecule has 1 amide bonds. The van der Waals surface area contributed by atoms with Gasteiger partial charge in [-0.1, -0.05) is 13.8 Å². The van der Waals surface area contributed by atoms with Crippen LogP contribution in [0.3, 0.4) is 0 Å². The van der Waals surface area contributed by atoms with Crippen molar-refractivity contribution in [3.63, 3.8) is 0 Å². The van der Waals surface area contributed by atoms with Crippen LogP contribution >= 0.6 is 0 Å². The number of nitrogens with zero attached hydrogens (tertiary/aromatic N) is 1. The lowest BCUT2D eigenvalue weighted by Crippen LogP contribution is -2.42. The minimum Gasteiger partial charge on any atom is -0.453 e. The number of rotatable bonds is 0. The number of amides is 1. The molecule has 0 radical (unpaired) electrons. The Kier molecular flexibility index (Phi) is 2.95. The highest BCUT2D eigenvalue weighted by Gasteiger charge is 2.25. The van der Waals surface area contributed by atoms with Gasteiger partial charge in [-0.3, -0.25) is 0 Å². The van der Waals surface area contributed by atoms with Crippen molar-refractivity contribution in [2.45, 2.75) is 20.3 Å². The van der Waals surface area contributed by atoms with E-state index in [2.05, 4.69) is 18.6 Å². The highest BCUT2D eigenvalue weighted by molar-refractivity contribution is 5.67. The Morgan fingerprint density at radius 2 is 1.83 bits per heavy atom. The van der Waals surface area contributed by atoms with Crippen LogP contribution in [0.2, 0.25) is 0 Å². The SMILES string of the molecule is COC(=O)N1CC(C)CC(C)C1. The zero-order chi connectivity index (χ0) is 9.14. The summed E-state index contributed by atoms with van der Waals surface area (Å²) < 4.78 is 4.67. The third-order valence-electron chi connectivity index (χ3n) is 2.30. The van der Waals surface area contributed by atoms with Crippen LogP contribution in [0.5, 0.6) is 0 Å². The normalized spacial score (nSPS) is 30.1. The number of methoxy groups -OCH3 is 1. The molecule has 1 fully saturated rings. The number of ether oxygens (including phenoxy) is 1. The summed E-state index contributed by atoms with van der Waals surface area (Å²) in [6.45, 7) is 6.03. The summed E-state index contributed by atoms with van der Waals surface area (Å²) in [4.78, 5) is 13.0. The molecule has 1 saturated heterocycles. The number of piperidine rings is 1. The fraction of sp³-hybridized carbons (Fsp3) is 0.889. The molecule has 0 aromatic heterocycles. The molecule has 1 rings (SSSR count). The molecule has 1 heterocycles. The molecule has 70 valence electrons. The van der Waals surface area contributed by atoms with Crippen molar-refractivity contribution in [2.75, 3.05) is 20.2 Å².